The zero-order valence-corrected chi connectivity index (χ0v) is 24.9. The summed E-state index contributed by atoms with van der Waals surface area (Å²) in [7, 11) is 1.71. The van der Waals surface area contributed by atoms with Gasteiger partial charge in [0.2, 0.25) is 0 Å². The fourth-order valence-electron chi connectivity index (χ4n) is 3.05. The van der Waals surface area contributed by atoms with Gasteiger partial charge < -0.3 is 14.1 Å². The highest BCUT2D eigenvalue weighted by atomic mass is 31.2. The van der Waals surface area contributed by atoms with E-state index in [-0.39, 0.29) is 19.2 Å². The van der Waals surface area contributed by atoms with Crippen LogP contribution in [0.15, 0.2) is 48.6 Å². The second-order valence-corrected chi connectivity index (χ2v) is 11.6. The highest BCUT2D eigenvalue weighted by Gasteiger charge is 2.25. The van der Waals surface area contributed by atoms with Crippen molar-refractivity contribution in [2.24, 2.45) is 0 Å². The van der Waals surface area contributed by atoms with Crippen LogP contribution in [-0.4, -0.2) is 62.4 Å². The van der Waals surface area contributed by atoms with E-state index in [1.165, 1.54) is 25.7 Å². The first kappa shape index (κ1) is 35.5. The van der Waals surface area contributed by atoms with Crippen LogP contribution in [0.5, 0.6) is 0 Å². The maximum Gasteiger partial charge on any atom is 0.472 e. The molecule has 0 aromatic rings. The SMILES string of the molecule is CCCCC/C=C\C/C=C\C/C=C\C/C=C\CCCC(=O)OC(CC)COP(=O)(O)OCC[N+](C)(C)C. The molecule has 0 spiro atoms. The minimum absolute atomic E-state index is 0.103. The smallest absolute Gasteiger partial charge is 0.460 e. The largest absolute Gasteiger partial charge is 0.472 e. The summed E-state index contributed by atoms with van der Waals surface area (Å²) in [5.74, 6) is -0.329. The molecule has 37 heavy (non-hydrogen) atoms. The molecule has 2 unspecified atom stereocenters. The van der Waals surface area contributed by atoms with Gasteiger partial charge in [0.25, 0.3) is 0 Å². The predicted molar refractivity (Wildman–Crippen MR) is 153 cm³/mol. The van der Waals surface area contributed by atoms with Crippen molar-refractivity contribution in [2.45, 2.75) is 90.6 Å². The van der Waals surface area contributed by atoms with Gasteiger partial charge in [0.1, 0.15) is 19.3 Å². The zero-order valence-electron chi connectivity index (χ0n) is 24.0. The third-order valence-corrected chi connectivity index (χ3v) is 6.39. The van der Waals surface area contributed by atoms with Gasteiger partial charge in [-0.1, -0.05) is 75.3 Å². The molecular weight excluding hydrogens is 489 g/mol. The van der Waals surface area contributed by atoms with Crippen molar-refractivity contribution in [3.05, 3.63) is 48.6 Å². The van der Waals surface area contributed by atoms with Gasteiger partial charge in [-0.3, -0.25) is 13.8 Å². The summed E-state index contributed by atoms with van der Waals surface area (Å²) in [4.78, 5) is 21.9. The van der Waals surface area contributed by atoms with E-state index < -0.39 is 13.9 Å². The number of ether oxygens (including phenoxy) is 1. The summed E-state index contributed by atoms with van der Waals surface area (Å²) >= 11 is 0. The molecule has 2 atom stereocenters. The number of unbranched alkanes of at least 4 members (excludes halogenated alkanes) is 4. The highest BCUT2D eigenvalue weighted by molar-refractivity contribution is 7.47. The van der Waals surface area contributed by atoms with E-state index in [1.807, 2.05) is 28.1 Å². The minimum Gasteiger partial charge on any atom is -0.460 e. The van der Waals surface area contributed by atoms with E-state index in [9.17, 15) is 14.3 Å². The van der Waals surface area contributed by atoms with Crippen LogP contribution in [0.25, 0.3) is 0 Å². The van der Waals surface area contributed by atoms with Crippen LogP contribution in [0.1, 0.15) is 84.5 Å². The fourth-order valence-corrected chi connectivity index (χ4v) is 3.79. The van der Waals surface area contributed by atoms with Gasteiger partial charge >= 0.3 is 13.8 Å². The number of allylic oxidation sites excluding steroid dienone is 8. The minimum atomic E-state index is -4.17. The number of hydrogen-bond donors (Lipinski definition) is 1. The Balaban J connectivity index is 3.91. The Kier molecular flexibility index (Phi) is 21.6. The predicted octanol–water partition coefficient (Wildman–Crippen LogP) is 7.29. The van der Waals surface area contributed by atoms with Gasteiger partial charge in [-0.05, 0) is 51.4 Å². The number of quaternary nitrogens is 1. The number of likely N-dealkylation sites (N-methyl/N-ethyl adjacent to an activating group) is 1. The number of rotatable bonds is 23. The monoisotopic (exact) mass is 542 g/mol. The van der Waals surface area contributed by atoms with Crippen molar-refractivity contribution < 1.29 is 32.5 Å². The first-order valence-electron chi connectivity index (χ1n) is 13.8. The molecule has 0 heterocycles. The molecule has 0 rings (SSSR count). The van der Waals surface area contributed by atoms with E-state index in [2.05, 4.69) is 55.5 Å². The van der Waals surface area contributed by atoms with Gasteiger partial charge in [0.15, 0.2) is 0 Å². The van der Waals surface area contributed by atoms with Crippen LogP contribution in [0.3, 0.4) is 0 Å². The van der Waals surface area contributed by atoms with Crippen LogP contribution in [-0.2, 0) is 23.1 Å². The maximum absolute atomic E-state index is 12.1. The summed E-state index contributed by atoms with van der Waals surface area (Å²) < 4.78 is 28.0. The van der Waals surface area contributed by atoms with Crippen molar-refractivity contribution in [2.75, 3.05) is 40.9 Å². The molecule has 0 saturated heterocycles. The Labute approximate surface area is 226 Å². The molecule has 0 aliphatic carbocycles. The average molecular weight is 543 g/mol. The van der Waals surface area contributed by atoms with Gasteiger partial charge in [-0.2, -0.15) is 0 Å². The lowest BCUT2D eigenvalue weighted by Gasteiger charge is -2.24. The highest BCUT2D eigenvalue weighted by Crippen LogP contribution is 2.43. The molecule has 214 valence electrons. The second kappa shape index (κ2) is 22.5. The maximum atomic E-state index is 12.1. The molecule has 8 heteroatoms. The zero-order chi connectivity index (χ0) is 27.8. The fraction of sp³-hybridized carbons (Fsp3) is 0.690. The molecule has 0 fully saturated rings. The van der Waals surface area contributed by atoms with Crippen molar-refractivity contribution >= 4 is 13.8 Å². The van der Waals surface area contributed by atoms with Crippen molar-refractivity contribution in [1.29, 1.82) is 0 Å². The second-order valence-electron chi connectivity index (χ2n) is 10.1. The molecule has 0 amide bonds. The van der Waals surface area contributed by atoms with Crippen LogP contribution in [0, 0.1) is 0 Å². The summed E-state index contributed by atoms with van der Waals surface area (Å²) in [6.45, 7) is 4.56. The molecule has 0 aliphatic rings. The molecule has 0 aromatic heterocycles. The molecule has 0 aromatic carbocycles. The van der Waals surface area contributed by atoms with E-state index in [4.69, 9.17) is 13.8 Å². The number of carbonyl (C=O) groups excluding carboxylic acids is 1. The van der Waals surface area contributed by atoms with Gasteiger partial charge in [0, 0.05) is 6.42 Å². The summed E-state index contributed by atoms with van der Waals surface area (Å²) in [6, 6.07) is 0. The summed E-state index contributed by atoms with van der Waals surface area (Å²) in [5, 5.41) is 0. The topological polar surface area (TPSA) is 82.1 Å². The van der Waals surface area contributed by atoms with E-state index >= 15 is 0 Å². The van der Waals surface area contributed by atoms with Crippen LogP contribution < -0.4 is 0 Å². The third-order valence-electron chi connectivity index (χ3n) is 5.40. The van der Waals surface area contributed by atoms with Crippen LogP contribution in [0.2, 0.25) is 0 Å². The normalized spacial score (nSPS) is 15.3. The molecule has 0 bridgehead atoms. The van der Waals surface area contributed by atoms with E-state index in [1.54, 1.807) is 0 Å². The summed E-state index contributed by atoms with van der Waals surface area (Å²) in [6.07, 6.45) is 27.0. The standard InChI is InChI=1S/C29H52NO6P/c1-6-8-9-10-11-12-13-14-15-16-17-18-19-20-21-22-23-24-29(31)36-28(7-2)27-35-37(32,33)34-26-25-30(3,4)5/h11-12,14-15,17-18,20-21,28H,6-10,13,16,19,22-27H2,1-5H3/p+1/b12-11-,15-14-,18-17-,21-20-. The first-order valence-corrected chi connectivity index (χ1v) is 15.3. The Bertz CT molecular complexity index is 739. The van der Waals surface area contributed by atoms with E-state index in [0.29, 0.717) is 30.3 Å². The van der Waals surface area contributed by atoms with Crippen molar-refractivity contribution in [1.82, 2.24) is 0 Å². The Hall–Kier alpha value is -1.50. The lowest BCUT2D eigenvalue weighted by Crippen LogP contribution is -2.37. The Morgan fingerprint density at radius 2 is 1.38 bits per heavy atom. The molecule has 0 radical (unpaired) electrons. The van der Waals surface area contributed by atoms with Gasteiger partial charge in [-0.25, -0.2) is 4.57 Å². The quantitative estimate of drug-likeness (QED) is 0.0480. The van der Waals surface area contributed by atoms with Crippen molar-refractivity contribution in [3.63, 3.8) is 0 Å². The number of carbonyl (C=O) groups is 1. The third kappa shape index (κ3) is 25.9. The number of phosphoric acid groups is 1. The van der Waals surface area contributed by atoms with Gasteiger partial charge in [0.05, 0.1) is 27.7 Å². The number of hydrogen-bond acceptors (Lipinski definition) is 5. The molecule has 7 nitrogen and oxygen atoms in total. The van der Waals surface area contributed by atoms with Crippen molar-refractivity contribution in [3.8, 4) is 0 Å². The Morgan fingerprint density at radius 1 is 0.838 bits per heavy atom. The average Bonchev–Trinajstić information content (AvgIpc) is 2.82. The molecule has 1 N–H and O–H groups in total. The molecule has 0 saturated carbocycles. The Morgan fingerprint density at radius 3 is 1.89 bits per heavy atom. The molecule has 0 aliphatic heterocycles. The number of phosphoric ester groups is 1. The number of nitrogens with zero attached hydrogens (tertiary/aromatic N) is 1. The number of esters is 1. The summed E-state index contributed by atoms with van der Waals surface area (Å²) in [5.41, 5.74) is 0. The lowest BCUT2D eigenvalue weighted by molar-refractivity contribution is -0.870. The lowest BCUT2D eigenvalue weighted by atomic mass is 10.2. The first-order chi connectivity index (χ1) is 17.6. The van der Waals surface area contributed by atoms with Crippen LogP contribution in [0.4, 0.5) is 0 Å². The van der Waals surface area contributed by atoms with Crippen LogP contribution >= 0.6 is 7.82 Å². The van der Waals surface area contributed by atoms with E-state index in [0.717, 1.165) is 25.7 Å². The molecular formula is C29H53NO6P+. The van der Waals surface area contributed by atoms with Gasteiger partial charge in [-0.15, -0.1) is 0 Å².